The highest BCUT2D eigenvalue weighted by Gasteiger charge is 2.05. The average Bonchev–Trinajstić information content (AvgIpc) is 2.28. The number of methoxy groups -OCH3 is 1. The summed E-state index contributed by atoms with van der Waals surface area (Å²) in [5.74, 6) is 0.965. The summed E-state index contributed by atoms with van der Waals surface area (Å²) in [6.07, 6.45) is 0. The summed E-state index contributed by atoms with van der Waals surface area (Å²) in [4.78, 5) is 0. The van der Waals surface area contributed by atoms with Gasteiger partial charge in [-0.1, -0.05) is 12.1 Å². The first kappa shape index (κ1) is 14.0. The summed E-state index contributed by atoms with van der Waals surface area (Å²) in [5.41, 5.74) is 14.8. The molecule has 0 fully saturated rings. The molecule has 0 saturated carbocycles. The number of nitrogens with two attached hydrogens (primary N) is 2. The largest absolute Gasteiger partial charge is 0.496 e. The maximum atomic E-state index is 5.74. The van der Waals surface area contributed by atoms with E-state index in [1.807, 2.05) is 0 Å². The van der Waals surface area contributed by atoms with Crippen LogP contribution in [0.25, 0.3) is 0 Å². The number of aryl methyl sites for hydroxylation is 2. The third-order valence-electron chi connectivity index (χ3n) is 2.76. The van der Waals surface area contributed by atoms with Gasteiger partial charge in [0.05, 0.1) is 7.11 Å². The lowest BCUT2D eigenvalue weighted by Crippen LogP contribution is -2.39. The molecule has 0 aromatic heterocycles. The van der Waals surface area contributed by atoms with Gasteiger partial charge in [0.15, 0.2) is 0 Å². The quantitative estimate of drug-likeness (QED) is 0.680. The van der Waals surface area contributed by atoms with Crippen LogP contribution in [0.4, 0.5) is 0 Å². The molecular weight excluding hydrogens is 214 g/mol. The van der Waals surface area contributed by atoms with Gasteiger partial charge in [-0.3, -0.25) is 0 Å². The number of benzene rings is 1. The Morgan fingerprint density at radius 3 is 2.35 bits per heavy atom. The molecular formula is C13H23N3O. The number of rotatable bonds is 6. The van der Waals surface area contributed by atoms with E-state index in [1.165, 1.54) is 5.56 Å². The minimum atomic E-state index is 0.0236. The van der Waals surface area contributed by atoms with Gasteiger partial charge in [-0.25, -0.2) is 0 Å². The molecule has 1 atom stereocenters. The lowest BCUT2D eigenvalue weighted by molar-refractivity contribution is 0.408. The van der Waals surface area contributed by atoms with E-state index in [0.717, 1.165) is 30.0 Å². The normalized spacial score (nSPS) is 12.5. The van der Waals surface area contributed by atoms with Crippen LogP contribution >= 0.6 is 0 Å². The van der Waals surface area contributed by atoms with Crippen molar-refractivity contribution < 1.29 is 4.74 Å². The van der Waals surface area contributed by atoms with Gasteiger partial charge in [-0.05, 0) is 30.5 Å². The Bertz CT molecular complexity index is 343. The summed E-state index contributed by atoms with van der Waals surface area (Å²) in [7, 11) is 1.70. The van der Waals surface area contributed by atoms with Crippen molar-refractivity contribution in [3.63, 3.8) is 0 Å². The highest BCUT2D eigenvalue weighted by Crippen LogP contribution is 2.24. The molecule has 0 aliphatic carbocycles. The van der Waals surface area contributed by atoms with Crippen LogP contribution in [0, 0.1) is 13.8 Å². The lowest BCUT2D eigenvalue weighted by Gasteiger charge is -2.13. The predicted octanol–water partition coefficient (Wildman–Crippen LogP) is 0.688. The van der Waals surface area contributed by atoms with Crippen molar-refractivity contribution in [3.05, 3.63) is 28.8 Å². The number of nitrogens with one attached hydrogen (secondary N) is 1. The first-order valence-electron chi connectivity index (χ1n) is 5.89. The van der Waals surface area contributed by atoms with E-state index >= 15 is 0 Å². The summed E-state index contributed by atoms with van der Waals surface area (Å²) in [5, 5.41) is 3.30. The van der Waals surface area contributed by atoms with Crippen LogP contribution in [-0.4, -0.2) is 26.2 Å². The molecule has 4 nitrogen and oxygen atoms in total. The van der Waals surface area contributed by atoms with Crippen molar-refractivity contribution >= 4 is 0 Å². The molecule has 1 aromatic carbocycles. The van der Waals surface area contributed by atoms with Crippen molar-refractivity contribution in [2.24, 2.45) is 11.5 Å². The topological polar surface area (TPSA) is 73.3 Å². The highest BCUT2D eigenvalue weighted by molar-refractivity contribution is 5.43. The summed E-state index contributed by atoms with van der Waals surface area (Å²) < 4.78 is 5.33. The maximum Gasteiger partial charge on any atom is 0.124 e. The second kappa shape index (κ2) is 6.59. The fraction of sp³-hybridized carbons (Fsp3) is 0.538. The first-order valence-corrected chi connectivity index (χ1v) is 5.89. The molecule has 0 aliphatic rings. The molecule has 5 N–H and O–H groups in total. The standard InChI is InChI=1S/C13H23N3O/c1-9-4-11(5-10(2)13(9)17-3)7-16-8-12(15)6-14/h4-5,12,16H,6-8,14-15H2,1-3H3. The second-order valence-corrected chi connectivity index (χ2v) is 4.39. The summed E-state index contributed by atoms with van der Waals surface area (Å²) in [6.45, 7) is 6.16. The van der Waals surface area contributed by atoms with Crippen molar-refractivity contribution in [1.29, 1.82) is 0 Å². The van der Waals surface area contributed by atoms with Crippen LogP contribution in [0.1, 0.15) is 16.7 Å². The van der Waals surface area contributed by atoms with E-state index in [1.54, 1.807) is 7.11 Å². The molecule has 1 rings (SSSR count). The Morgan fingerprint density at radius 1 is 1.29 bits per heavy atom. The second-order valence-electron chi connectivity index (χ2n) is 4.39. The predicted molar refractivity (Wildman–Crippen MR) is 71.2 cm³/mol. The zero-order valence-corrected chi connectivity index (χ0v) is 10.9. The zero-order chi connectivity index (χ0) is 12.8. The molecule has 0 radical (unpaired) electrons. The Balaban J connectivity index is 2.61. The van der Waals surface area contributed by atoms with Gasteiger partial charge in [0.1, 0.15) is 5.75 Å². The Hall–Kier alpha value is -1.10. The van der Waals surface area contributed by atoms with Gasteiger partial charge >= 0.3 is 0 Å². The number of ether oxygens (including phenoxy) is 1. The van der Waals surface area contributed by atoms with E-state index in [0.29, 0.717) is 6.54 Å². The van der Waals surface area contributed by atoms with Crippen LogP contribution in [-0.2, 0) is 6.54 Å². The van der Waals surface area contributed by atoms with Gasteiger partial charge in [0.2, 0.25) is 0 Å². The Kier molecular flexibility index (Phi) is 5.41. The van der Waals surface area contributed by atoms with Gasteiger partial charge < -0.3 is 21.5 Å². The molecule has 0 heterocycles. The molecule has 96 valence electrons. The van der Waals surface area contributed by atoms with E-state index in [4.69, 9.17) is 16.2 Å². The van der Waals surface area contributed by atoms with E-state index in [2.05, 4.69) is 31.3 Å². The van der Waals surface area contributed by atoms with Gasteiger partial charge in [0, 0.05) is 25.7 Å². The van der Waals surface area contributed by atoms with Crippen molar-refractivity contribution in [2.45, 2.75) is 26.4 Å². The van der Waals surface area contributed by atoms with Crippen LogP contribution in [0.2, 0.25) is 0 Å². The molecule has 1 unspecified atom stereocenters. The fourth-order valence-electron chi connectivity index (χ4n) is 1.95. The maximum absolute atomic E-state index is 5.74. The third-order valence-corrected chi connectivity index (χ3v) is 2.76. The molecule has 0 bridgehead atoms. The van der Waals surface area contributed by atoms with Gasteiger partial charge in [-0.15, -0.1) is 0 Å². The smallest absolute Gasteiger partial charge is 0.124 e. The molecule has 17 heavy (non-hydrogen) atoms. The highest BCUT2D eigenvalue weighted by atomic mass is 16.5. The lowest BCUT2D eigenvalue weighted by atomic mass is 10.1. The minimum absolute atomic E-state index is 0.0236. The van der Waals surface area contributed by atoms with Gasteiger partial charge in [-0.2, -0.15) is 0 Å². The van der Waals surface area contributed by atoms with Crippen molar-refractivity contribution in [3.8, 4) is 5.75 Å². The third kappa shape index (κ3) is 4.00. The minimum Gasteiger partial charge on any atom is -0.496 e. The van der Waals surface area contributed by atoms with E-state index < -0.39 is 0 Å². The molecule has 1 aromatic rings. The van der Waals surface area contributed by atoms with Gasteiger partial charge in [0.25, 0.3) is 0 Å². The van der Waals surface area contributed by atoms with Crippen LogP contribution < -0.4 is 21.5 Å². The monoisotopic (exact) mass is 237 g/mol. The average molecular weight is 237 g/mol. The van der Waals surface area contributed by atoms with Crippen LogP contribution in [0.15, 0.2) is 12.1 Å². The molecule has 0 spiro atoms. The van der Waals surface area contributed by atoms with E-state index in [-0.39, 0.29) is 6.04 Å². The Morgan fingerprint density at radius 2 is 1.88 bits per heavy atom. The molecule has 0 saturated heterocycles. The molecule has 4 heteroatoms. The fourth-order valence-corrected chi connectivity index (χ4v) is 1.95. The van der Waals surface area contributed by atoms with Crippen LogP contribution in [0.5, 0.6) is 5.75 Å². The van der Waals surface area contributed by atoms with Crippen molar-refractivity contribution in [1.82, 2.24) is 5.32 Å². The molecule has 0 aliphatic heterocycles. The SMILES string of the molecule is COc1c(C)cc(CNCC(N)CN)cc1C. The number of hydrogen-bond donors (Lipinski definition) is 3. The zero-order valence-electron chi connectivity index (χ0n) is 10.9. The van der Waals surface area contributed by atoms with Crippen LogP contribution in [0.3, 0.4) is 0 Å². The number of hydrogen-bond acceptors (Lipinski definition) is 4. The first-order chi connectivity index (χ1) is 8.08. The summed E-state index contributed by atoms with van der Waals surface area (Å²) in [6, 6.07) is 4.29. The van der Waals surface area contributed by atoms with E-state index in [9.17, 15) is 0 Å². The molecule has 0 amide bonds. The Labute approximate surface area is 103 Å². The van der Waals surface area contributed by atoms with Crippen molar-refractivity contribution in [2.75, 3.05) is 20.2 Å². The summed E-state index contributed by atoms with van der Waals surface area (Å²) >= 11 is 0.